The summed E-state index contributed by atoms with van der Waals surface area (Å²) < 4.78 is 165. The van der Waals surface area contributed by atoms with Crippen LogP contribution in [0.5, 0.6) is 103 Å². The Labute approximate surface area is 743 Å². The summed E-state index contributed by atoms with van der Waals surface area (Å²) in [4.78, 5) is 0.409. The van der Waals surface area contributed by atoms with Gasteiger partial charge in [0.25, 0.3) is 0 Å². The van der Waals surface area contributed by atoms with Crippen molar-refractivity contribution in [3.8, 4) is 103 Å². The molecule has 0 atom stereocenters. The number of halogens is 6. The maximum absolute atomic E-state index is 14.4. The first kappa shape index (κ1) is 91.0. The van der Waals surface area contributed by atoms with E-state index in [-0.39, 0.29) is 26.7 Å². The zero-order valence-corrected chi connectivity index (χ0v) is 72.9. The lowest BCUT2D eigenvalue weighted by Crippen LogP contribution is -2.54. The van der Waals surface area contributed by atoms with E-state index >= 15 is 0 Å². The van der Waals surface area contributed by atoms with E-state index in [2.05, 4.69) is 90.1 Å². The Kier molecular flexibility index (Phi) is 29.1. The summed E-state index contributed by atoms with van der Waals surface area (Å²) in [5.74, 6) is 11.6. The number of ether oxygens (including phenoxy) is 9. The molecule has 0 spiro atoms. The van der Waals surface area contributed by atoms with Crippen molar-refractivity contribution in [3.63, 3.8) is 0 Å². The SMILES string of the molecule is Cc1ccc(Oc2ccc(C(C)(C)c3ccc(Oc4ccc(C)cc4)cc3)cc2)cc1.Cc1ccc(Oc2ccc(C(c3ccc(Oc4ccc(C)cc4)cc3)(C(F)(F)F)C(F)(F)F)cc2)cc1.Cc1ccc(Oc2ccc(Oc3ccc(Oc4ccc(C)cc4)cc3)cc2)cc1.Cc1ccc(Oc2ccc(S(=O)(=O)c3ccc(Oc4ccc(C)cc4)cc3)cc2)cc1. The number of sulfone groups is 1. The highest BCUT2D eigenvalue weighted by Gasteiger charge is 2.72. The van der Waals surface area contributed by atoms with E-state index in [0.29, 0.717) is 34.5 Å². The predicted octanol–water partition coefficient (Wildman–Crippen LogP) is 31.9. The fourth-order valence-electron chi connectivity index (χ4n) is 13.3. The van der Waals surface area contributed by atoms with Gasteiger partial charge in [-0.3, -0.25) is 0 Å². The Bertz CT molecular complexity index is 5960. The highest BCUT2D eigenvalue weighted by molar-refractivity contribution is 7.91. The molecule has 0 radical (unpaired) electrons. The van der Waals surface area contributed by atoms with Crippen LogP contribution in [0.2, 0.25) is 0 Å². The normalized spacial score (nSPS) is 11.3. The first-order valence-corrected chi connectivity index (χ1v) is 42.7. The van der Waals surface area contributed by atoms with Gasteiger partial charge in [-0.15, -0.1) is 0 Å². The van der Waals surface area contributed by atoms with Crippen molar-refractivity contribution in [2.24, 2.45) is 0 Å². The highest BCUT2D eigenvalue weighted by atomic mass is 32.2. The van der Waals surface area contributed by atoms with Gasteiger partial charge in [0.05, 0.1) is 9.79 Å². The predicted molar refractivity (Wildman–Crippen MR) is 492 cm³/mol. The molecule has 0 amide bonds. The summed E-state index contributed by atoms with van der Waals surface area (Å²) in [6.45, 7) is 20.5. The van der Waals surface area contributed by atoms with Gasteiger partial charge in [-0.05, 0) is 320 Å². The Hall–Kier alpha value is -14.8. The zero-order chi connectivity index (χ0) is 90.6. The average Bonchev–Trinajstić information content (AvgIpc) is 0.714. The van der Waals surface area contributed by atoms with E-state index < -0.39 is 38.7 Å². The molecular weight excluding hydrogens is 1640 g/mol. The number of rotatable bonds is 24. The van der Waals surface area contributed by atoms with Crippen LogP contribution < -0.4 is 42.6 Å². The first-order valence-electron chi connectivity index (χ1n) is 41.2. The van der Waals surface area contributed by atoms with Gasteiger partial charge in [0.15, 0.2) is 0 Å². The Morgan fingerprint density at radius 1 is 0.172 bits per heavy atom. The second-order valence-electron chi connectivity index (χ2n) is 31.3. The second kappa shape index (κ2) is 40.9. The lowest BCUT2D eigenvalue weighted by Gasteiger charge is -2.38. The minimum atomic E-state index is -5.69. The molecule has 0 fully saturated rings. The van der Waals surface area contributed by atoms with Crippen LogP contribution in [0.3, 0.4) is 0 Å². The first-order chi connectivity index (χ1) is 61.3. The molecule has 0 saturated heterocycles. The van der Waals surface area contributed by atoms with E-state index in [1.807, 2.05) is 222 Å². The number of hydrogen-bond donors (Lipinski definition) is 0. The van der Waals surface area contributed by atoms with Crippen LogP contribution in [-0.4, -0.2) is 20.8 Å². The van der Waals surface area contributed by atoms with Gasteiger partial charge in [-0.2, -0.15) is 26.3 Å². The highest BCUT2D eigenvalue weighted by Crippen LogP contribution is 2.57. The molecule has 0 bridgehead atoms. The van der Waals surface area contributed by atoms with Gasteiger partial charge in [-0.1, -0.05) is 204 Å². The molecule has 0 aliphatic heterocycles. The topological polar surface area (TPSA) is 117 Å². The molecule has 16 rings (SSSR count). The van der Waals surface area contributed by atoms with Crippen LogP contribution in [0.25, 0.3) is 0 Å². The summed E-state index contributed by atoms with van der Waals surface area (Å²) in [6, 6.07) is 113. The third kappa shape index (κ3) is 24.4. The van der Waals surface area contributed by atoms with Gasteiger partial charge < -0.3 is 42.6 Å². The third-order valence-electron chi connectivity index (χ3n) is 20.8. The van der Waals surface area contributed by atoms with Crippen molar-refractivity contribution in [1.82, 2.24) is 0 Å². The van der Waals surface area contributed by atoms with E-state index in [1.54, 1.807) is 97.1 Å². The van der Waals surface area contributed by atoms with Crippen LogP contribution in [0, 0.1) is 55.4 Å². The molecule has 128 heavy (non-hydrogen) atoms. The Morgan fingerprint density at radius 3 is 0.414 bits per heavy atom. The molecule has 16 aromatic rings. The lowest BCUT2D eigenvalue weighted by molar-refractivity contribution is -0.288. The minimum absolute atomic E-state index is 0.104. The van der Waals surface area contributed by atoms with Gasteiger partial charge in [0, 0.05) is 5.41 Å². The second-order valence-corrected chi connectivity index (χ2v) is 33.2. The molecular formula is C110H94F6O11S. The van der Waals surface area contributed by atoms with E-state index in [0.717, 1.165) is 128 Å². The van der Waals surface area contributed by atoms with Gasteiger partial charge in [0.1, 0.15) is 103 Å². The standard InChI is InChI=1S/C29H22F6O2.C29H28O2.C26H22O4S.C26H22O3/c1-19-3-11-23(12-4-19)36-25-15-7-21(8-16-25)27(28(30,31)32,29(33,34)35)22-9-17-26(18-10-22)37-24-13-5-20(2)6-14-24;1-21-5-13-25(14-6-21)30-27-17-9-23(10-18-27)29(3,4)24-11-19-28(20-12-24)31-26-15-7-22(2)8-16-26;1-19-3-7-21(8-4-19)29-23-11-15-25(16-12-23)31(27,28)26-17-13-24(14-18-26)30-22-9-5-20(2)6-10-22;1-19-3-7-21(8-4-19)27-23-11-15-25(16-12-23)29-26-17-13-24(14-18-26)28-22-9-5-20(2)6-10-22/h3-18H,1-2H3;5-20H,1-4H3;3-18H,1-2H3;3-18H,1-2H3. The lowest BCUT2D eigenvalue weighted by atomic mass is 9.73. The molecule has 11 nitrogen and oxygen atoms in total. The zero-order valence-electron chi connectivity index (χ0n) is 72.1. The van der Waals surface area contributed by atoms with Crippen LogP contribution >= 0.6 is 0 Å². The molecule has 0 N–H and O–H groups in total. The van der Waals surface area contributed by atoms with Gasteiger partial charge in [-0.25, -0.2) is 8.42 Å². The summed E-state index contributed by atoms with van der Waals surface area (Å²) in [5, 5.41) is 0. The quantitative estimate of drug-likeness (QED) is 0.0538. The van der Waals surface area contributed by atoms with Gasteiger partial charge >= 0.3 is 12.4 Å². The number of hydrogen-bond acceptors (Lipinski definition) is 11. The molecule has 0 aromatic heterocycles. The van der Waals surface area contributed by atoms with Crippen LogP contribution in [0.4, 0.5) is 26.3 Å². The number of alkyl halides is 6. The molecule has 0 aliphatic rings. The van der Waals surface area contributed by atoms with Crippen molar-refractivity contribution >= 4 is 9.84 Å². The van der Waals surface area contributed by atoms with E-state index in [1.165, 1.54) is 33.4 Å². The summed E-state index contributed by atoms with van der Waals surface area (Å²) in [6.07, 6.45) is -11.4. The Balaban J connectivity index is 0.000000146. The van der Waals surface area contributed by atoms with Crippen molar-refractivity contribution < 1.29 is 77.4 Å². The van der Waals surface area contributed by atoms with Gasteiger partial charge in [0.2, 0.25) is 15.3 Å². The maximum Gasteiger partial charge on any atom is 0.411 e. The molecule has 0 heterocycles. The molecule has 0 aliphatic carbocycles. The summed E-state index contributed by atoms with van der Waals surface area (Å²) in [5.41, 5.74) is 5.20. The number of aryl methyl sites for hydroxylation is 8. The fraction of sp³-hybridized carbons (Fsp3) is 0.127. The number of benzene rings is 16. The van der Waals surface area contributed by atoms with Crippen LogP contribution in [-0.2, 0) is 20.7 Å². The van der Waals surface area contributed by atoms with Crippen molar-refractivity contribution in [2.45, 2.75) is 102 Å². The molecule has 648 valence electrons. The van der Waals surface area contributed by atoms with Crippen molar-refractivity contribution in [2.75, 3.05) is 0 Å². The van der Waals surface area contributed by atoms with E-state index in [4.69, 9.17) is 42.6 Å². The smallest absolute Gasteiger partial charge is 0.411 e. The Morgan fingerprint density at radius 2 is 0.281 bits per heavy atom. The van der Waals surface area contributed by atoms with Crippen molar-refractivity contribution in [1.29, 1.82) is 0 Å². The average molecular weight is 1740 g/mol. The molecule has 18 heteroatoms. The van der Waals surface area contributed by atoms with E-state index in [9.17, 15) is 34.8 Å². The summed E-state index contributed by atoms with van der Waals surface area (Å²) >= 11 is 0. The monoisotopic (exact) mass is 1740 g/mol. The van der Waals surface area contributed by atoms with Crippen molar-refractivity contribution in [3.05, 3.63) is 455 Å². The maximum atomic E-state index is 14.4. The fourth-order valence-corrected chi connectivity index (χ4v) is 14.6. The largest absolute Gasteiger partial charge is 0.457 e. The molecule has 16 aromatic carbocycles. The molecule has 0 unspecified atom stereocenters. The third-order valence-corrected chi connectivity index (χ3v) is 22.6. The minimum Gasteiger partial charge on any atom is -0.457 e. The van der Waals surface area contributed by atoms with Crippen LogP contribution in [0.15, 0.2) is 398 Å². The summed E-state index contributed by atoms with van der Waals surface area (Å²) in [7, 11) is -3.64. The molecule has 0 saturated carbocycles. The van der Waals surface area contributed by atoms with Crippen LogP contribution in [0.1, 0.15) is 80.6 Å².